The van der Waals surface area contributed by atoms with Crippen molar-refractivity contribution in [1.29, 1.82) is 0 Å². The summed E-state index contributed by atoms with van der Waals surface area (Å²) in [6.45, 7) is 4.47. The van der Waals surface area contributed by atoms with Crippen LogP contribution in [0.2, 0.25) is 0 Å². The van der Waals surface area contributed by atoms with Crippen LogP contribution in [0, 0.1) is 23.6 Å². The Morgan fingerprint density at radius 1 is 1.22 bits per heavy atom. The van der Waals surface area contributed by atoms with E-state index in [1.165, 1.54) is 12.5 Å². The maximum Gasteiger partial charge on any atom is 0.223 e. The van der Waals surface area contributed by atoms with Gasteiger partial charge in [-0.1, -0.05) is 38.3 Å². The molecule has 1 saturated heterocycles. The van der Waals surface area contributed by atoms with Crippen molar-refractivity contribution in [1.82, 2.24) is 5.32 Å². The third kappa shape index (κ3) is 3.91. The molecular formula is C23H32FNO2. The fourth-order valence-electron chi connectivity index (χ4n) is 5.62. The minimum atomic E-state index is -0.292. The fraction of sp³-hybridized carbons (Fsp3) is 0.696. The Morgan fingerprint density at radius 2 is 2.00 bits per heavy atom. The highest BCUT2D eigenvalue weighted by atomic mass is 19.1. The van der Waals surface area contributed by atoms with E-state index in [1.54, 1.807) is 12.1 Å². The van der Waals surface area contributed by atoms with Crippen LogP contribution in [0.15, 0.2) is 24.3 Å². The van der Waals surface area contributed by atoms with Gasteiger partial charge in [0.1, 0.15) is 5.82 Å². The summed E-state index contributed by atoms with van der Waals surface area (Å²) in [5.41, 5.74) is 0.590. The SMILES string of the molecule is C[C@H]1CC[C@H]2[C@H](C1)O[C@H](c1cccc(F)c1)C[C@]2(C)NC(=O)C1CCCC1. The molecule has 0 radical (unpaired) electrons. The lowest BCUT2D eigenvalue weighted by Gasteiger charge is -2.52. The number of hydrogen-bond donors (Lipinski definition) is 1. The lowest BCUT2D eigenvalue weighted by Crippen LogP contribution is -2.61. The lowest BCUT2D eigenvalue weighted by atomic mass is 9.66. The molecule has 2 saturated carbocycles. The number of halogens is 1. The highest BCUT2D eigenvalue weighted by molar-refractivity contribution is 5.79. The Bertz CT molecular complexity index is 687. The predicted molar refractivity (Wildman–Crippen MR) is 104 cm³/mol. The summed E-state index contributed by atoms with van der Waals surface area (Å²) < 4.78 is 20.3. The first-order valence-electron chi connectivity index (χ1n) is 10.7. The van der Waals surface area contributed by atoms with Crippen LogP contribution in [0.3, 0.4) is 0 Å². The smallest absolute Gasteiger partial charge is 0.223 e. The van der Waals surface area contributed by atoms with Gasteiger partial charge in [0.15, 0.2) is 0 Å². The average Bonchev–Trinajstić information content (AvgIpc) is 3.16. The maximum atomic E-state index is 13.8. The van der Waals surface area contributed by atoms with Crippen molar-refractivity contribution >= 4 is 5.91 Å². The van der Waals surface area contributed by atoms with E-state index in [4.69, 9.17) is 4.74 Å². The van der Waals surface area contributed by atoms with Crippen molar-refractivity contribution < 1.29 is 13.9 Å². The van der Waals surface area contributed by atoms with Gasteiger partial charge in [0.2, 0.25) is 5.91 Å². The second-order valence-corrected chi connectivity index (χ2v) is 9.34. The number of fused-ring (bicyclic) bond motifs is 1. The number of benzene rings is 1. The van der Waals surface area contributed by atoms with Crippen molar-refractivity contribution in [2.45, 2.75) is 83.0 Å². The first kappa shape index (κ1) is 18.9. The zero-order valence-corrected chi connectivity index (χ0v) is 16.5. The van der Waals surface area contributed by atoms with Crippen LogP contribution < -0.4 is 5.32 Å². The van der Waals surface area contributed by atoms with Gasteiger partial charge in [0.05, 0.1) is 12.2 Å². The number of carbonyl (C=O) groups is 1. The summed E-state index contributed by atoms with van der Waals surface area (Å²) in [5, 5.41) is 3.45. The van der Waals surface area contributed by atoms with Gasteiger partial charge in [-0.3, -0.25) is 4.79 Å². The normalized spacial score (nSPS) is 37.0. The fourth-order valence-corrected chi connectivity index (χ4v) is 5.62. The second kappa shape index (κ2) is 7.54. The van der Waals surface area contributed by atoms with Gasteiger partial charge in [-0.05, 0) is 56.2 Å². The number of ether oxygens (including phenoxy) is 1. The zero-order chi connectivity index (χ0) is 19.0. The van der Waals surface area contributed by atoms with Gasteiger partial charge >= 0.3 is 0 Å². The Kier molecular flexibility index (Phi) is 5.28. The molecule has 1 aromatic rings. The number of amides is 1. The molecule has 2 aliphatic carbocycles. The first-order valence-corrected chi connectivity index (χ1v) is 10.7. The molecule has 1 heterocycles. The topological polar surface area (TPSA) is 38.3 Å². The minimum absolute atomic E-state index is 0.129. The number of hydrogen-bond acceptors (Lipinski definition) is 2. The summed E-state index contributed by atoms with van der Waals surface area (Å²) >= 11 is 0. The number of carbonyl (C=O) groups excluding carboxylic acids is 1. The molecule has 0 unspecified atom stereocenters. The minimum Gasteiger partial charge on any atom is -0.370 e. The Labute approximate surface area is 162 Å². The maximum absolute atomic E-state index is 13.8. The Morgan fingerprint density at radius 3 is 2.74 bits per heavy atom. The molecule has 0 bridgehead atoms. The third-order valence-corrected chi connectivity index (χ3v) is 7.18. The van der Waals surface area contributed by atoms with E-state index in [-0.39, 0.29) is 35.4 Å². The van der Waals surface area contributed by atoms with E-state index >= 15 is 0 Å². The van der Waals surface area contributed by atoms with Crippen LogP contribution in [0.25, 0.3) is 0 Å². The summed E-state index contributed by atoms with van der Waals surface area (Å²) in [6, 6.07) is 6.74. The molecule has 3 fully saturated rings. The summed E-state index contributed by atoms with van der Waals surface area (Å²) in [5.74, 6) is 1.12. The van der Waals surface area contributed by atoms with Gasteiger partial charge in [-0.2, -0.15) is 0 Å². The van der Waals surface area contributed by atoms with Crippen molar-refractivity contribution in [3.8, 4) is 0 Å². The van der Waals surface area contributed by atoms with E-state index in [2.05, 4.69) is 19.2 Å². The molecule has 1 amide bonds. The van der Waals surface area contributed by atoms with E-state index in [0.717, 1.165) is 44.1 Å². The average molecular weight is 374 g/mol. The molecule has 0 aromatic heterocycles. The Balaban J connectivity index is 1.59. The van der Waals surface area contributed by atoms with Gasteiger partial charge in [-0.15, -0.1) is 0 Å². The van der Waals surface area contributed by atoms with Crippen LogP contribution in [0.5, 0.6) is 0 Å². The summed E-state index contributed by atoms with van der Waals surface area (Å²) in [6.07, 6.45) is 8.31. The lowest BCUT2D eigenvalue weighted by molar-refractivity contribution is -0.155. The van der Waals surface area contributed by atoms with E-state index in [1.807, 2.05) is 6.07 Å². The molecule has 148 valence electrons. The molecule has 0 spiro atoms. The monoisotopic (exact) mass is 373 g/mol. The summed E-state index contributed by atoms with van der Waals surface area (Å²) in [4.78, 5) is 12.9. The molecule has 27 heavy (non-hydrogen) atoms. The molecule has 5 atom stereocenters. The molecular weight excluding hydrogens is 341 g/mol. The van der Waals surface area contributed by atoms with E-state index < -0.39 is 0 Å². The first-order chi connectivity index (χ1) is 12.9. The van der Waals surface area contributed by atoms with Crippen LogP contribution in [-0.2, 0) is 9.53 Å². The van der Waals surface area contributed by atoms with Gasteiger partial charge in [0.25, 0.3) is 0 Å². The predicted octanol–water partition coefficient (Wildman–Crippen LogP) is 5.16. The van der Waals surface area contributed by atoms with E-state index in [0.29, 0.717) is 18.3 Å². The molecule has 1 N–H and O–H groups in total. The van der Waals surface area contributed by atoms with E-state index in [9.17, 15) is 9.18 Å². The van der Waals surface area contributed by atoms with Crippen LogP contribution in [0.1, 0.15) is 76.9 Å². The molecule has 1 aromatic carbocycles. The number of rotatable bonds is 3. The quantitative estimate of drug-likeness (QED) is 0.795. The largest absolute Gasteiger partial charge is 0.370 e. The standard InChI is InChI=1S/C23H32FNO2/c1-15-10-11-19-20(12-15)27-21(17-8-5-9-18(24)13-17)14-23(19,2)25-22(26)16-6-3-4-7-16/h5,8-9,13,15-16,19-21H,3-4,6-7,10-12,14H2,1-2H3,(H,25,26)/t15-,19-,20-,21-,23-/m0/s1. The number of nitrogens with one attached hydrogen (secondary N) is 1. The molecule has 4 heteroatoms. The second-order valence-electron chi connectivity index (χ2n) is 9.34. The van der Waals surface area contributed by atoms with Crippen LogP contribution in [-0.4, -0.2) is 17.6 Å². The molecule has 3 nitrogen and oxygen atoms in total. The third-order valence-electron chi connectivity index (χ3n) is 7.18. The highest BCUT2D eigenvalue weighted by Crippen LogP contribution is 2.48. The van der Waals surface area contributed by atoms with Gasteiger partial charge in [-0.25, -0.2) is 4.39 Å². The van der Waals surface area contributed by atoms with Crippen molar-refractivity contribution in [3.63, 3.8) is 0 Å². The molecule has 1 aliphatic heterocycles. The van der Waals surface area contributed by atoms with Crippen LogP contribution in [0.4, 0.5) is 4.39 Å². The van der Waals surface area contributed by atoms with Crippen molar-refractivity contribution in [3.05, 3.63) is 35.6 Å². The summed E-state index contributed by atoms with van der Waals surface area (Å²) in [7, 11) is 0. The molecule has 4 rings (SSSR count). The zero-order valence-electron chi connectivity index (χ0n) is 16.5. The van der Waals surface area contributed by atoms with Crippen molar-refractivity contribution in [2.75, 3.05) is 0 Å². The van der Waals surface area contributed by atoms with Gasteiger partial charge in [0, 0.05) is 23.8 Å². The Hall–Kier alpha value is -1.42. The van der Waals surface area contributed by atoms with Crippen molar-refractivity contribution in [2.24, 2.45) is 17.8 Å². The molecule has 3 aliphatic rings. The highest BCUT2D eigenvalue weighted by Gasteiger charge is 2.50. The van der Waals surface area contributed by atoms with Gasteiger partial charge < -0.3 is 10.1 Å². The van der Waals surface area contributed by atoms with Crippen LogP contribution >= 0.6 is 0 Å².